The van der Waals surface area contributed by atoms with E-state index in [2.05, 4.69) is 38.1 Å². The van der Waals surface area contributed by atoms with Gasteiger partial charge in [-0.1, -0.05) is 22.9 Å². The number of piperidine rings is 1. The van der Waals surface area contributed by atoms with Gasteiger partial charge in [0.25, 0.3) is 5.91 Å². The Morgan fingerprint density at radius 1 is 1.17 bits per heavy atom. The van der Waals surface area contributed by atoms with Gasteiger partial charge in [0, 0.05) is 28.5 Å². The quantitative estimate of drug-likeness (QED) is 0.675. The van der Waals surface area contributed by atoms with Gasteiger partial charge in [0.1, 0.15) is 6.04 Å². The van der Waals surface area contributed by atoms with E-state index in [1.54, 1.807) is 17.0 Å². The van der Waals surface area contributed by atoms with Gasteiger partial charge in [-0.15, -0.1) is 11.3 Å². The van der Waals surface area contributed by atoms with Crippen LogP contribution in [0.1, 0.15) is 48.7 Å². The van der Waals surface area contributed by atoms with Gasteiger partial charge in [0.2, 0.25) is 5.91 Å². The van der Waals surface area contributed by atoms with Crippen LogP contribution >= 0.6 is 27.3 Å². The van der Waals surface area contributed by atoms with Crippen LogP contribution in [0.15, 0.2) is 34.1 Å². The number of benzene rings is 1. The molecule has 1 atom stereocenters. The lowest BCUT2D eigenvalue weighted by Gasteiger charge is -2.29. The zero-order valence-corrected chi connectivity index (χ0v) is 19.5. The first-order chi connectivity index (χ1) is 14.5. The molecule has 30 heavy (non-hydrogen) atoms. The lowest BCUT2D eigenvalue weighted by atomic mass is 9.99. The van der Waals surface area contributed by atoms with Gasteiger partial charge in [-0.25, -0.2) is 4.98 Å². The highest BCUT2D eigenvalue weighted by Gasteiger charge is 2.35. The summed E-state index contributed by atoms with van der Waals surface area (Å²) in [5, 5.41) is 5.58. The maximum Gasteiger partial charge on any atom is 0.254 e. The molecule has 2 saturated heterocycles. The fourth-order valence-electron chi connectivity index (χ4n) is 4.12. The first-order valence-corrected chi connectivity index (χ1v) is 12.2. The third-order valence-electron chi connectivity index (χ3n) is 5.95. The van der Waals surface area contributed by atoms with Crippen LogP contribution < -0.4 is 5.32 Å². The number of likely N-dealkylation sites (tertiary alicyclic amines) is 2. The Morgan fingerprint density at radius 2 is 1.90 bits per heavy atom. The predicted octanol–water partition coefficient (Wildman–Crippen LogP) is 4.38. The van der Waals surface area contributed by atoms with Gasteiger partial charge >= 0.3 is 0 Å². The van der Waals surface area contributed by atoms with E-state index in [0.717, 1.165) is 42.1 Å². The smallest absolute Gasteiger partial charge is 0.254 e. The number of halogens is 1. The maximum atomic E-state index is 12.9. The molecule has 8 heteroatoms. The van der Waals surface area contributed by atoms with Crippen molar-refractivity contribution in [2.45, 2.75) is 45.2 Å². The molecular formula is C22H27BrN4O2S. The molecule has 0 bridgehead atoms. The van der Waals surface area contributed by atoms with Crippen LogP contribution in [-0.2, 0) is 11.3 Å². The highest BCUT2D eigenvalue weighted by Crippen LogP contribution is 2.25. The van der Waals surface area contributed by atoms with Gasteiger partial charge in [-0.2, -0.15) is 0 Å². The number of aromatic nitrogens is 1. The summed E-state index contributed by atoms with van der Waals surface area (Å²) in [6, 6.07) is 6.82. The van der Waals surface area contributed by atoms with Crippen molar-refractivity contribution in [1.82, 2.24) is 14.8 Å². The minimum atomic E-state index is -0.447. The van der Waals surface area contributed by atoms with Crippen molar-refractivity contribution in [1.29, 1.82) is 0 Å². The third kappa shape index (κ3) is 5.10. The number of anilines is 1. The van der Waals surface area contributed by atoms with Gasteiger partial charge in [-0.3, -0.25) is 14.5 Å². The second-order valence-electron chi connectivity index (χ2n) is 8.26. The van der Waals surface area contributed by atoms with E-state index in [4.69, 9.17) is 0 Å². The number of carbonyl (C=O) groups is 2. The van der Waals surface area contributed by atoms with Crippen LogP contribution in [0.3, 0.4) is 0 Å². The molecule has 0 saturated carbocycles. The lowest BCUT2D eigenvalue weighted by molar-refractivity contribution is -0.119. The minimum absolute atomic E-state index is 0.0979. The molecular weight excluding hydrogens is 464 g/mol. The van der Waals surface area contributed by atoms with E-state index in [-0.39, 0.29) is 11.8 Å². The molecule has 6 nitrogen and oxygen atoms in total. The number of nitrogens with one attached hydrogen (secondary N) is 1. The summed E-state index contributed by atoms with van der Waals surface area (Å²) in [6.45, 7) is 5.95. The monoisotopic (exact) mass is 490 g/mol. The van der Waals surface area contributed by atoms with E-state index in [0.29, 0.717) is 23.7 Å². The van der Waals surface area contributed by atoms with Gasteiger partial charge in [0.05, 0.1) is 5.69 Å². The summed E-state index contributed by atoms with van der Waals surface area (Å²) in [4.78, 5) is 34.5. The molecule has 4 rings (SSSR count). The largest absolute Gasteiger partial charge is 0.327 e. The predicted molar refractivity (Wildman–Crippen MR) is 123 cm³/mol. The molecule has 1 aromatic carbocycles. The van der Waals surface area contributed by atoms with E-state index < -0.39 is 6.04 Å². The average molecular weight is 491 g/mol. The van der Waals surface area contributed by atoms with Crippen molar-refractivity contribution in [3.8, 4) is 0 Å². The normalized spacial score (nSPS) is 20.5. The van der Waals surface area contributed by atoms with Crippen LogP contribution in [0.4, 0.5) is 5.13 Å². The number of nitrogens with zero attached hydrogens (tertiary/aromatic N) is 3. The average Bonchev–Trinajstić information content (AvgIpc) is 3.39. The minimum Gasteiger partial charge on any atom is -0.327 e. The second kappa shape index (κ2) is 9.58. The van der Waals surface area contributed by atoms with E-state index in [9.17, 15) is 9.59 Å². The molecule has 3 heterocycles. The molecule has 0 spiro atoms. The van der Waals surface area contributed by atoms with Gasteiger partial charge < -0.3 is 10.2 Å². The number of amides is 2. The third-order valence-corrected chi connectivity index (χ3v) is 7.29. The molecule has 1 N–H and O–H groups in total. The van der Waals surface area contributed by atoms with Crippen LogP contribution in [0.5, 0.6) is 0 Å². The molecule has 2 aromatic rings. The molecule has 160 valence electrons. The summed E-state index contributed by atoms with van der Waals surface area (Å²) in [5.74, 6) is 0.561. The number of hydrogen-bond donors (Lipinski definition) is 1. The lowest BCUT2D eigenvalue weighted by Crippen LogP contribution is -2.43. The highest BCUT2D eigenvalue weighted by atomic mass is 79.9. The first kappa shape index (κ1) is 21.5. The summed E-state index contributed by atoms with van der Waals surface area (Å²) >= 11 is 4.84. The van der Waals surface area contributed by atoms with Gasteiger partial charge in [0.15, 0.2) is 5.13 Å². The van der Waals surface area contributed by atoms with Crippen LogP contribution in [0, 0.1) is 5.92 Å². The molecule has 0 radical (unpaired) electrons. The Bertz CT molecular complexity index is 893. The number of carbonyl (C=O) groups excluding carboxylic acids is 2. The molecule has 1 aromatic heterocycles. The number of rotatable bonds is 5. The van der Waals surface area contributed by atoms with Crippen molar-refractivity contribution >= 4 is 44.2 Å². The molecule has 1 unspecified atom stereocenters. The van der Waals surface area contributed by atoms with Crippen molar-refractivity contribution < 1.29 is 9.59 Å². The topological polar surface area (TPSA) is 65.5 Å². The molecule has 2 aliphatic heterocycles. The fraction of sp³-hybridized carbons (Fsp3) is 0.500. The van der Waals surface area contributed by atoms with Crippen molar-refractivity contribution in [3.05, 3.63) is 45.4 Å². The van der Waals surface area contributed by atoms with E-state index in [1.165, 1.54) is 24.2 Å². The summed E-state index contributed by atoms with van der Waals surface area (Å²) in [6.07, 6.45) is 3.98. The Hall–Kier alpha value is -1.77. The number of thiazole rings is 1. The van der Waals surface area contributed by atoms with Crippen molar-refractivity contribution in [2.24, 2.45) is 5.92 Å². The van der Waals surface area contributed by atoms with Crippen LogP contribution in [0.2, 0.25) is 0 Å². The van der Waals surface area contributed by atoms with Crippen LogP contribution in [0.25, 0.3) is 0 Å². The Balaban J connectivity index is 1.35. The number of hydrogen-bond acceptors (Lipinski definition) is 5. The molecule has 2 aliphatic rings. The summed E-state index contributed by atoms with van der Waals surface area (Å²) in [5.41, 5.74) is 1.60. The van der Waals surface area contributed by atoms with Crippen molar-refractivity contribution in [2.75, 3.05) is 25.0 Å². The molecule has 2 fully saturated rings. The Labute approximate surface area is 189 Å². The first-order valence-electron chi connectivity index (χ1n) is 10.5. The SMILES string of the molecule is CC1CCN(Cc2csc(NC(=O)C3CCCN3C(=O)c3ccc(Br)cc3)n2)CC1. The summed E-state index contributed by atoms with van der Waals surface area (Å²) < 4.78 is 0.924. The molecule has 0 aliphatic carbocycles. The second-order valence-corrected chi connectivity index (χ2v) is 10.0. The Kier molecular flexibility index (Phi) is 6.85. The highest BCUT2D eigenvalue weighted by molar-refractivity contribution is 9.10. The standard InChI is InChI=1S/C22H27BrN4O2S/c1-15-8-11-26(12-9-15)13-18-14-30-22(24-18)25-20(28)19-3-2-10-27(19)21(29)16-4-6-17(23)7-5-16/h4-7,14-15,19H,2-3,8-13H2,1H3,(H,24,25,28). The Morgan fingerprint density at radius 3 is 2.63 bits per heavy atom. The van der Waals surface area contributed by atoms with Crippen LogP contribution in [-0.4, -0.2) is 52.3 Å². The van der Waals surface area contributed by atoms with Gasteiger partial charge in [-0.05, 0) is 69.0 Å². The van der Waals surface area contributed by atoms with E-state index >= 15 is 0 Å². The zero-order chi connectivity index (χ0) is 21.1. The van der Waals surface area contributed by atoms with E-state index in [1.807, 2.05) is 17.5 Å². The fourth-order valence-corrected chi connectivity index (χ4v) is 5.08. The van der Waals surface area contributed by atoms with Crippen molar-refractivity contribution in [3.63, 3.8) is 0 Å². The maximum absolute atomic E-state index is 12.9. The molecule has 2 amide bonds. The zero-order valence-electron chi connectivity index (χ0n) is 17.1. The summed E-state index contributed by atoms with van der Waals surface area (Å²) in [7, 11) is 0.